The van der Waals surface area contributed by atoms with Gasteiger partial charge in [0, 0.05) is 10.4 Å². The molecule has 0 saturated carbocycles. The summed E-state index contributed by atoms with van der Waals surface area (Å²) in [6.45, 7) is 0. The van der Waals surface area contributed by atoms with E-state index >= 15 is 0 Å². The quantitative estimate of drug-likeness (QED) is 0.699. The minimum absolute atomic E-state index is 0.188. The number of allylic oxidation sites excluding steroid dienone is 4. The van der Waals surface area contributed by atoms with E-state index < -0.39 is 0 Å². The second kappa shape index (κ2) is 3.46. The molecular formula is C11H8BrF. The smallest absolute Gasteiger partial charge is 0.123 e. The summed E-state index contributed by atoms with van der Waals surface area (Å²) in [5.41, 5.74) is 0.977. The van der Waals surface area contributed by atoms with Gasteiger partial charge in [-0.1, -0.05) is 40.2 Å². The van der Waals surface area contributed by atoms with Gasteiger partial charge in [0.25, 0.3) is 0 Å². The highest BCUT2D eigenvalue weighted by Crippen LogP contribution is 2.29. The topological polar surface area (TPSA) is 0 Å². The molecule has 13 heavy (non-hydrogen) atoms. The lowest BCUT2D eigenvalue weighted by atomic mass is 10.0. The second-order valence-corrected chi connectivity index (χ2v) is 3.82. The molecule has 0 amide bonds. The summed E-state index contributed by atoms with van der Waals surface area (Å²) in [5, 5.41) is 0. The van der Waals surface area contributed by atoms with Crippen molar-refractivity contribution < 1.29 is 4.39 Å². The van der Waals surface area contributed by atoms with Gasteiger partial charge >= 0.3 is 0 Å². The van der Waals surface area contributed by atoms with Gasteiger partial charge in [-0.2, -0.15) is 0 Å². The van der Waals surface area contributed by atoms with Gasteiger partial charge < -0.3 is 0 Å². The van der Waals surface area contributed by atoms with Crippen LogP contribution in [0.1, 0.15) is 11.5 Å². The van der Waals surface area contributed by atoms with Crippen molar-refractivity contribution in [3.05, 3.63) is 58.4 Å². The van der Waals surface area contributed by atoms with E-state index in [1.54, 1.807) is 12.1 Å². The number of hydrogen-bond donors (Lipinski definition) is 0. The van der Waals surface area contributed by atoms with Gasteiger partial charge in [-0.3, -0.25) is 0 Å². The van der Waals surface area contributed by atoms with E-state index in [2.05, 4.69) is 15.9 Å². The van der Waals surface area contributed by atoms with Crippen molar-refractivity contribution in [2.24, 2.45) is 0 Å². The summed E-state index contributed by atoms with van der Waals surface area (Å²) in [4.78, 5) is 0. The first-order chi connectivity index (χ1) is 6.27. The van der Waals surface area contributed by atoms with Crippen LogP contribution in [-0.4, -0.2) is 0 Å². The number of benzene rings is 1. The van der Waals surface area contributed by atoms with Gasteiger partial charge in [0.2, 0.25) is 0 Å². The highest BCUT2D eigenvalue weighted by molar-refractivity contribution is 9.10. The van der Waals surface area contributed by atoms with Gasteiger partial charge in [0.15, 0.2) is 0 Å². The summed E-state index contributed by atoms with van der Waals surface area (Å²) < 4.78 is 13.9. The Kier molecular flexibility index (Phi) is 2.32. The first-order valence-corrected chi connectivity index (χ1v) is 4.86. The summed E-state index contributed by atoms with van der Waals surface area (Å²) >= 11 is 3.41. The van der Waals surface area contributed by atoms with Gasteiger partial charge in [-0.15, -0.1) is 0 Å². The van der Waals surface area contributed by atoms with Crippen molar-refractivity contribution in [3.63, 3.8) is 0 Å². The van der Waals surface area contributed by atoms with Crippen molar-refractivity contribution in [1.29, 1.82) is 0 Å². The Balaban J connectivity index is 2.44. The Morgan fingerprint density at radius 3 is 2.54 bits per heavy atom. The molecular weight excluding hydrogens is 231 g/mol. The van der Waals surface area contributed by atoms with Crippen LogP contribution in [0.15, 0.2) is 47.0 Å². The average molecular weight is 239 g/mol. The van der Waals surface area contributed by atoms with Gasteiger partial charge in [-0.25, -0.2) is 4.39 Å². The molecule has 0 heterocycles. The van der Waals surface area contributed by atoms with Crippen LogP contribution in [0.25, 0.3) is 0 Å². The zero-order valence-electron chi connectivity index (χ0n) is 6.87. The molecule has 0 atom stereocenters. The fraction of sp³-hybridized carbons (Fsp3) is 0.0909. The summed E-state index contributed by atoms with van der Waals surface area (Å²) in [6.07, 6.45) is 8.03. The Morgan fingerprint density at radius 2 is 1.85 bits per heavy atom. The molecule has 66 valence electrons. The zero-order chi connectivity index (χ0) is 9.26. The highest BCUT2D eigenvalue weighted by atomic mass is 79.9. The van der Waals surface area contributed by atoms with E-state index in [4.69, 9.17) is 0 Å². The molecule has 2 rings (SSSR count). The SMILES string of the molecule is Fc1ccc(Br)c(C2C=CC=C2)c1. The fourth-order valence-electron chi connectivity index (χ4n) is 1.41. The van der Waals surface area contributed by atoms with Crippen LogP contribution < -0.4 is 0 Å². The third kappa shape index (κ3) is 1.73. The molecule has 0 N–H and O–H groups in total. The van der Waals surface area contributed by atoms with E-state index in [0.717, 1.165) is 10.0 Å². The first kappa shape index (κ1) is 8.70. The van der Waals surface area contributed by atoms with E-state index in [-0.39, 0.29) is 11.7 Å². The molecule has 0 unspecified atom stereocenters. The largest absolute Gasteiger partial charge is 0.207 e. The van der Waals surface area contributed by atoms with Crippen LogP contribution in [0, 0.1) is 5.82 Å². The molecule has 0 aromatic heterocycles. The van der Waals surface area contributed by atoms with Crippen LogP contribution in [-0.2, 0) is 0 Å². The van der Waals surface area contributed by atoms with Gasteiger partial charge in [0.1, 0.15) is 5.82 Å². The molecule has 0 aliphatic heterocycles. The molecule has 0 bridgehead atoms. The van der Waals surface area contributed by atoms with Crippen molar-refractivity contribution in [2.45, 2.75) is 5.92 Å². The van der Waals surface area contributed by atoms with Crippen molar-refractivity contribution in [2.75, 3.05) is 0 Å². The maximum absolute atomic E-state index is 12.9. The summed E-state index contributed by atoms with van der Waals surface area (Å²) in [5.74, 6) is 0.0250. The van der Waals surface area contributed by atoms with Crippen LogP contribution in [0.4, 0.5) is 4.39 Å². The van der Waals surface area contributed by atoms with Crippen molar-refractivity contribution in [3.8, 4) is 0 Å². The normalized spacial score (nSPS) is 15.5. The summed E-state index contributed by atoms with van der Waals surface area (Å²) in [6, 6.07) is 4.76. The summed E-state index contributed by atoms with van der Waals surface area (Å²) in [7, 11) is 0. The number of rotatable bonds is 1. The molecule has 1 aromatic carbocycles. The monoisotopic (exact) mass is 238 g/mol. The lowest BCUT2D eigenvalue weighted by Gasteiger charge is -2.08. The molecule has 1 aliphatic rings. The maximum atomic E-state index is 12.9. The van der Waals surface area contributed by atoms with Crippen LogP contribution in [0.3, 0.4) is 0 Å². The predicted octanol–water partition coefficient (Wildman–Crippen LogP) is 3.80. The Bertz CT molecular complexity index is 368. The lowest BCUT2D eigenvalue weighted by Crippen LogP contribution is -1.91. The minimum Gasteiger partial charge on any atom is -0.207 e. The third-order valence-corrected chi connectivity index (χ3v) is 2.79. The maximum Gasteiger partial charge on any atom is 0.123 e. The van der Waals surface area contributed by atoms with Crippen LogP contribution in [0.5, 0.6) is 0 Å². The molecule has 0 nitrogen and oxygen atoms in total. The van der Waals surface area contributed by atoms with Crippen molar-refractivity contribution in [1.82, 2.24) is 0 Å². The molecule has 2 heteroatoms. The standard InChI is InChI=1S/C11H8BrF/c12-11-6-5-9(13)7-10(11)8-3-1-2-4-8/h1-8H. The van der Waals surface area contributed by atoms with Gasteiger partial charge in [0.05, 0.1) is 0 Å². The molecule has 0 saturated heterocycles. The van der Waals surface area contributed by atoms with E-state index in [0.29, 0.717) is 0 Å². The number of halogens is 2. The fourth-order valence-corrected chi connectivity index (χ4v) is 1.92. The molecule has 0 radical (unpaired) electrons. The highest BCUT2D eigenvalue weighted by Gasteiger charge is 2.11. The van der Waals surface area contributed by atoms with E-state index in [1.165, 1.54) is 6.07 Å². The predicted molar refractivity (Wildman–Crippen MR) is 55.1 cm³/mol. The molecule has 0 fully saturated rings. The molecule has 0 spiro atoms. The lowest BCUT2D eigenvalue weighted by molar-refractivity contribution is 0.625. The Hall–Kier alpha value is -0.890. The molecule has 1 aromatic rings. The Morgan fingerprint density at radius 1 is 1.15 bits per heavy atom. The van der Waals surface area contributed by atoms with E-state index in [9.17, 15) is 4.39 Å². The second-order valence-electron chi connectivity index (χ2n) is 2.96. The van der Waals surface area contributed by atoms with Crippen LogP contribution >= 0.6 is 15.9 Å². The zero-order valence-corrected chi connectivity index (χ0v) is 8.46. The Labute approximate surface area is 84.9 Å². The van der Waals surface area contributed by atoms with Gasteiger partial charge in [-0.05, 0) is 23.8 Å². The minimum atomic E-state index is -0.188. The van der Waals surface area contributed by atoms with Crippen molar-refractivity contribution >= 4 is 15.9 Å². The number of hydrogen-bond acceptors (Lipinski definition) is 0. The average Bonchev–Trinajstić information content (AvgIpc) is 2.61. The van der Waals surface area contributed by atoms with Crippen LogP contribution in [0.2, 0.25) is 0 Å². The molecule has 1 aliphatic carbocycles. The first-order valence-electron chi connectivity index (χ1n) is 4.07. The third-order valence-electron chi connectivity index (χ3n) is 2.07. The van der Waals surface area contributed by atoms with E-state index in [1.807, 2.05) is 24.3 Å².